The molecule has 0 fully saturated rings. The molecule has 2 aliphatic rings. The zero-order valence-corrected chi connectivity index (χ0v) is 21.3. The van der Waals surface area contributed by atoms with Gasteiger partial charge in [0.2, 0.25) is 0 Å². The Hall–Kier alpha value is -3.71. The van der Waals surface area contributed by atoms with Crippen LogP contribution in [0.1, 0.15) is 46.1 Å². The van der Waals surface area contributed by atoms with Gasteiger partial charge >= 0.3 is 6.03 Å². The van der Waals surface area contributed by atoms with E-state index in [9.17, 15) is 4.79 Å². The first kappa shape index (κ1) is 22.7. The highest BCUT2D eigenvalue weighted by molar-refractivity contribution is 7.15. The minimum Gasteiger partial charge on any atom is -0.497 e. The third kappa shape index (κ3) is 3.84. The van der Waals surface area contributed by atoms with Gasteiger partial charge < -0.3 is 24.3 Å². The highest BCUT2D eigenvalue weighted by Crippen LogP contribution is 2.44. The van der Waals surface area contributed by atoms with Crippen molar-refractivity contribution < 1.29 is 14.3 Å². The van der Waals surface area contributed by atoms with Crippen LogP contribution in [0.3, 0.4) is 0 Å². The van der Waals surface area contributed by atoms with Gasteiger partial charge in [0, 0.05) is 22.7 Å². The number of anilines is 1. The number of rotatable bonds is 4. The fourth-order valence-corrected chi connectivity index (χ4v) is 6.87. The number of thiophene rings is 1. The van der Waals surface area contributed by atoms with Crippen LogP contribution in [-0.4, -0.2) is 29.7 Å². The van der Waals surface area contributed by atoms with E-state index in [2.05, 4.69) is 40.3 Å². The molecule has 0 radical (unpaired) electrons. The van der Waals surface area contributed by atoms with Crippen LogP contribution in [0.25, 0.3) is 5.00 Å². The van der Waals surface area contributed by atoms with Crippen molar-refractivity contribution in [3.63, 3.8) is 0 Å². The second-order valence-corrected chi connectivity index (χ2v) is 10.3. The predicted octanol–water partition coefficient (Wildman–Crippen LogP) is 6.57. The number of fused-ring (bicyclic) bond motifs is 5. The van der Waals surface area contributed by atoms with Crippen LogP contribution in [0.5, 0.6) is 11.5 Å². The number of ether oxygens (including phenoxy) is 2. The zero-order chi connectivity index (χ0) is 24.6. The molecule has 4 aromatic rings. The van der Waals surface area contributed by atoms with E-state index in [1.54, 1.807) is 20.3 Å². The smallest absolute Gasteiger partial charge is 0.323 e. The molecule has 1 aliphatic heterocycles. The Kier molecular flexibility index (Phi) is 5.93. The number of aromatic nitrogens is 1. The topological polar surface area (TPSA) is 55.7 Å². The Labute approximate surface area is 215 Å². The number of methoxy groups -OCH3 is 2. The maximum Gasteiger partial charge on any atom is 0.323 e. The lowest BCUT2D eigenvalue weighted by Gasteiger charge is -2.31. The van der Waals surface area contributed by atoms with E-state index in [-0.39, 0.29) is 12.1 Å². The number of amides is 2. The van der Waals surface area contributed by atoms with E-state index >= 15 is 0 Å². The lowest BCUT2D eigenvalue weighted by Crippen LogP contribution is -2.38. The number of hydrogen-bond acceptors (Lipinski definition) is 4. The van der Waals surface area contributed by atoms with Crippen LogP contribution in [0.15, 0.2) is 66.9 Å². The lowest BCUT2D eigenvalue weighted by molar-refractivity contribution is 0.194. The summed E-state index contributed by atoms with van der Waals surface area (Å²) in [5.74, 6) is 1.24. The minimum absolute atomic E-state index is 0.163. The standard InChI is InChI=1S/C29H29N3O3S/c1-34-20-14-15-23(25(17-20)35-2)30-29(33)32-18-22-21-11-6-7-13-26(21)36-28(22)31-16-8-12-24(31)27(32)19-9-4-3-5-10-19/h3-5,8-10,12,14-17,27H,6-7,11,13,18H2,1-2H3,(H,30,33)/t27-/m0/s1. The molecular formula is C29H29N3O3S. The number of aryl methyl sites for hydroxylation is 1. The van der Waals surface area contributed by atoms with E-state index in [4.69, 9.17) is 9.47 Å². The maximum absolute atomic E-state index is 14.1. The van der Waals surface area contributed by atoms with Gasteiger partial charge in [-0.2, -0.15) is 0 Å². The van der Waals surface area contributed by atoms with Crippen LogP contribution < -0.4 is 14.8 Å². The SMILES string of the molecule is COc1ccc(NC(=O)N2Cc3c(sc4c3CCCC4)-n3cccc3[C@@H]2c2ccccc2)c(OC)c1. The number of benzene rings is 2. The first-order valence-electron chi connectivity index (χ1n) is 12.3. The Bertz CT molecular complexity index is 1410. The van der Waals surface area contributed by atoms with E-state index in [1.807, 2.05) is 46.6 Å². The van der Waals surface area contributed by atoms with Crippen LogP contribution in [-0.2, 0) is 19.4 Å². The van der Waals surface area contributed by atoms with Crippen LogP contribution in [0, 0.1) is 0 Å². The summed E-state index contributed by atoms with van der Waals surface area (Å²) in [6.45, 7) is 0.548. The summed E-state index contributed by atoms with van der Waals surface area (Å²) in [5.41, 5.74) is 5.51. The van der Waals surface area contributed by atoms with Crippen molar-refractivity contribution in [3.05, 3.63) is 94.1 Å². The number of carbonyl (C=O) groups is 1. The molecule has 7 heteroatoms. The van der Waals surface area contributed by atoms with E-state index in [1.165, 1.54) is 33.8 Å². The van der Waals surface area contributed by atoms with Crippen LogP contribution in [0.2, 0.25) is 0 Å². The largest absolute Gasteiger partial charge is 0.497 e. The molecule has 2 aromatic heterocycles. The third-order valence-electron chi connectivity index (χ3n) is 7.21. The van der Waals surface area contributed by atoms with E-state index < -0.39 is 0 Å². The van der Waals surface area contributed by atoms with Gasteiger partial charge in [-0.15, -0.1) is 11.3 Å². The van der Waals surface area contributed by atoms with Gasteiger partial charge in [-0.1, -0.05) is 30.3 Å². The fraction of sp³-hybridized carbons (Fsp3) is 0.276. The minimum atomic E-state index is -0.232. The van der Waals surface area contributed by atoms with Gasteiger partial charge in [-0.25, -0.2) is 4.79 Å². The third-order valence-corrected chi connectivity index (χ3v) is 8.54. The van der Waals surface area contributed by atoms with Crippen molar-refractivity contribution in [2.75, 3.05) is 19.5 Å². The molecule has 3 heterocycles. The molecule has 1 N–H and O–H groups in total. The summed E-state index contributed by atoms with van der Waals surface area (Å²) >= 11 is 1.89. The summed E-state index contributed by atoms with van der Waals surface area (Å²) in [6, 6.07) is 19.6. The molecule has 2 aromatic carbocycles. The van der Waals surface area contributed by atoms with Gasteiger partial charge in [-0.05, 0) is 61.1 Å². The molecule has 0 saturated heterocycles. The zero-order valence-electron chi connectivity index (χ0n) is 20.5. The van der Waals surface area contributed by atoms with Crippen molar-refractivity contribution >= 4 is 23.1 Å². The monoisotopic (exact) mass is 499 g/mol. The Balaban J connectivity index is 1.47. The molecular weight excluding hydrogens is 470 g/mol. The predicted molar refractivity (Wildman–Crippen MR) is 143 cm³/mol. The van der Waals surface area contributed by atoms with Gasteiger partial charge in [0.1, 0.15) is 16.5 Å². The molecule has 6 nitrogen and oxygen atoms in total. The van der Waals surface area contributed by atoms with Crippen molar-refractivity contribution in [3.8, 4) is 16.5 Å². The molecule has 1 atom stereocenters. The highest BCUT2D eigenvalue weighted by atomic mass is 32.1. The molecule has 36 heavy (non-hydrogen) atoms. The Morgan fingerprint density at radius 2 is 1.81 bits per heavy atom. The molecule has 184 valence electrons. The number of hydrogen-bond donors (Lipinski definition) is 1. The van der Waals surface area contributed by atoms with Crippen molar-refractivity contribution in [1.82, 2.24) is 9.47 Å². The lowest BCUT2D eigenvalue weighted by atomic mass is 9.95. The quantitative estimate of drug-likeness (QED) is 0.345. The average molecular weight is 500 g/mol. The molecule has 0 saturated carbocycles. The first-order chi connectivity index (χ1) is 17.7. The molecule has 0 spiro atoms. The number of urea groups is 1. The van der Waals surface area contributed by atoms with Crippen molar-refractivity contribution in [2.24, 2.45) is 0 Å². The first-order valence-corrected chi connectivity index (χ1v) is 13.1. The van der Waals surface area contributed by atoms with Gasteiger partial charge in [0.15, 0.2) is 0 Å². The van der Waals surface area contributed by atoms with Gasteiger partial charge in [-0.3, -0.25) is 0 Å². The summed E-state index contributed by atoms with van der Waals surface area (Å²) in [6.07, 6.45) is 6.78. The fourth-order valence-electron chi connectivity index (χ4n) is 5.46. The second kappa shape index (κ2) is 9.39. The number of nitrogens with zero attached hydrogens (tertiary/aromatic N) is 2. The van der Waals surface area contributed by atoms with Crippen molar-refractivity contribution in [1.29, 1.82) is 0 Å². The molecule has 1 aliphatic carbocycles. The molecule has 2 amide bonds. The summed E-state index contributed by atoms with van der Waals surface area (Å²) in [4.78, 5) is 17.5. The molecule has 0 unspecified atom stereocenters. The summed E-state index contributed by atoms with van der Waals surface area (Å²) < 4.78 is 13.2. The van der Waals surface area contributed by atoms with E-state index in [0.29, 0.717) is 23.7 Å². The van der Waals surface area contributed by atoms with E-state index in [0.717, 1.165) is 24.1 Å². The van der Waals surface area contributed by atoms with Gasteiger partial charge in [0.25, 0.3) is 0 Å². The molecule has 6 rings (SSSR count). The summed E-state index contributed by atoms with van der Waals surface area (Å²) in [7, 11) is 3.21. The number of nitrogens with one attached hydrogen (secondary N) is 1. The Morgan fingerprint density at radius 1 is 0.972 bits per heavy atom. The van der Waals surface area contributed by atoms with Crippen LogP contribution in [0.4, 0.5) is 10.5 Å². The second-order valence-electron chi connectivity index (χ2n) is 9.24. The molecule has 0 bridgehead atoms. The maximum atomic E-state index is 14.1. The van der Waals surface area contributed by atoms with Crippen LogP contribution >= 0.6 is 11.3 Å². The van der Waals surface area contributed by atoms with Crippen molar-refractivity contribution in [2.45, 2.75) is 38.3 Å². The Morgan fingerprint density at radius 3 is 2.61 bits per heavy atom. The normalized spacial score (nSPS) is 16.4. The highest BCUT2D eigenvalue weighted by Gasteiger charge is 2.36. The number of carbonyl (C=O) groups excluding carboxylic acids is 1. The summed E-state index contributed by atoms with van der Waals surface area (Å²) in [5, 5.41) is 4.39. The van der Waals surface area contributed by atoms with Gasteiger partial charge in [0.05, 0.1) is 38.2 Å². The average Bonchev–Trinajstić information content (AvgIpc) is 3.51.